The first-order valence-electron chi connectivity index (χ1n) is 8.63. The summed E-state index contributed by atoms with van der Waals surface area (Å²) in [6.45, 7) is -2.81. The van der Waals surface area contributed by atoms with E-state index in [9.17, 15) is 18.0 Å². The topological polar surface area (TPSA) is 89.0 Å². The molecule has 2 aromatic heterocycles. The van der Waals surface area contributed by atoms with E-state index < -0.39 is 35.8 Å². The number of nitrogens with one attached hydrogen (secondary N) is 2. The van der Waals surface area contributed by atoms with Crippen LogP contribution in [0.3, 0.4) is 0 Å². The van der Waals surface area contributed by atoms with E-state index in [-0.39, 0.29) is 34.1 Å². The zero-order valence-corrected chi connectivity index (χ0v) is 14.6. The van der Waals surface area contributed by atoms with E-state index in [1.807, 2.05) is 0 Å². The number of anilines is 3. The molecule has 1 fully saturated rings. The molecule has 2 N–H and O–H groups in total. The standard InChI is InChI=1S/C14H13ClF3N5O2S/c1-13(3-4-25-11(13)24)10-21-7(15)9(26-10)23-12-20-5-6(14(16,17)18)8(19-2)22-12/h5H,3-4H2,1-2H3,(H2,19,20,22,23)/t13-/m1/s1/i1D3. The summed E-state index contributed by atoms with van der Waals surface area (Å²) in [6, 6.07) is 0. The molecule has 1 aliphatic rings. The lowest BCUT2D eigenvalue weighted by molar-refractivity contribution is -0.142. The van der Waals surface area contributed by atoms with Gasteiger partial charge in [-0.2, -0.15) is 18.2 Å². The average molecular weight is 411 g/mol. The van der Waals surface area contributed by atoms with Gasteiger partial charge in [0.1, 0.15) is 26.8 Å². The molecule has 0 spiro atoms. The zero-order chi connectivity index (χ0) is 21.6. The highest BCUT2D eigenvalue weighted by Gasteiger charge is 2.44. The van der Waals surface area contributed by atoms with E-state index in [0.29, 0.717) is 6.20 Å². The Morgan fingerprint density at radius 2 is 2.23 bits per heavy atom. The van der Waals surface area contributed by atoms with Gasteiger partial charge in [0.25, 0.3) is 0 Å². The number of aromatic nitrogens is 3. The molecule has 3 rings (SSSR count). The van der Waals surface area contributed by atoms with Crippen LogP contribution in [0.2, 0.25) is 5.15 Å². The Kier molecular flexibility index (Phi) is 3.77. The Balaban J connectivity index is 1.97. The highest BCUT2D eigenvalue weighted by atomic mass is 35.5. The molecule has 140 valence electrons. The van der Waals surface area contributed by atoms with Crippen molar-refractivity contribution in [2.75, 3.05) is 24.3 Å². The van der Waals surface area contributed by atoms with Gasteiger partial charge in [-0.1, -0.05) is 22.9 Å². The van der Waals surface area contributed by atoms with Crippen molar-refractivity contribution in [3.8, 4) is 0 Å². The Morgan fingerprint density at radius 1 is 1.46 bits per heavy atom. The number of thiazole rings is 1. The summed E-state index contributed by atoms with van der Waals surface area (Å²) in [7, 11) is 1.27. The number of cyclic esters (lactones) is 1. The fraction of sp³-hybridized carbons (Fsp3) is 0.429. The number of carbonyl (C=O) groups excluding carboxylic acids is 1. The number of hydrogen-bond donors (Lipinski definition) is 2. The Hall–Kier alpha value is -2.14. The first-order chi connectivity index (χ1) is 13.4. The van der Waals surface area contributed by atoms with Crippen molar-refractivity contribution < 1.29 is 26.8 Å². The molecule has 1 atom stereocenters. The Labute approximate surface area is 159 Å². The van der Waals surface area contributed by atoms with Crippen molar-refractivity contribution in [3.63, 3.8) is 0 Å². The fourth-order valence-corrected chi connectivity index (χ4v) is 3.48. The highest BCUT2D eigenvalue weighted by Crippen LogP contribution is 2.42. The lowest BCUT2D eigenvalue weighted by atomic mass is 9.90. The van der Waals surface area contributed by atoms with Gasteiger partial charge in [0.05, 0.1) is 6.61 Å². The van der Waals surface area contributed by atoms with E-state index in [1.54, 1.807) is 0 Å². The second-order valence-electron chi connectivity index (χ2n) is 5.26. The molecular formula is C14H13ClF3N5O2S. The summed E-state index contributed by atoms with van der Waals surface area (Å²) in [6.07, 6.45) is -4.16. The van der Waals surface area contributed by atoms with Crippen LogP contribution in [0, 0.1) is 0 Å². The molecule has 2 aromatic rings. The van der Waals surface area contributed by atoms with Crippen molar-refractivity contribution in [2.45, 2.75) is 24.9 Å². The molecule has 0 unspecified atom stereocenters. The maximum atomic E-state index is 13.0. The summed E-state index contributed by atoms with van der Waals surface area (Å²) < 4.78 is 67.1. The molecule has 1 saturated heterocycles. The molecule has 0 amide bonds. The summed E-state index contributed by atoms with van der Waals surface area (Å²) in [4.78, 5) is 23.6. The van der Waals surface area contributed by atoms with Crippen LogP contribution in [-0.2, 0) is 21.1 Å². The molecule has 7 nitrogen and oxygen atoms in total. The van der Waals surface area contributed by atoms with Crippen LogP contribution in [-0.4, -0.2) is 34.6 Å². The molecule has 26 heavy (non-hydrogen) atoms. The van der Waals surface area contributed by atoms with Crippen LogP contribution in [0.4, 0.5) is 29.9 Å². The molecule has 0 aromatic carbocycles. The largest absolute Gasteiger partial charge is 0.465 e. The lowest BCUT2D eigenvalue weighted by Gasteiger charge is -2.14. The van der Waals surface area contributed by atoms with Gasteiger partial charge in [-0.05, 0) is 6.85 Å². The van der Waals surface area contributed by atoms with Crippen molar-refractivity contribution >= 4 is 45.7 Å². The third-order valence-corrected chi connectivity index (χ3v) is 5.08. The number of nitrogens with zero attached hydrogens (tertiary/aromatic N) is 3. The third-order valence-electron chi connectivity index (χ3n) is 3.57. The smallest absolute Gasteiger partial charge is 0.421 e. The van der Waals surface area contributed by atoms with Crippen LogP contribution < -0.4 is 10.6 Å². The number of hydrogen-bond acceptors (Lipinski definition) is 8. The Morgan fingerprint density at radius 3 is 2.81 bits per heavy atom. The summed E-state index contributed by atoms with van der Waals surface area (Å²) in [5, 5.41) is 4.75. The average Bonchev–Trinajstić information content (AvgIpc) is 3.17. The second kappa shape index (κ2) is 6.54. The molecule has 0 saturated carbocycles. The van der Waals surface area contributed by atoms with Crippen LogP contribution in [0.5, 0.6) is 0 Å². The normalized spacial score (nSPS) is 22.3. The van der Waals surface area contributed by atoms with Crippen molar-refractivity contribution in [3.05, 3.63) is 21.9 Å². The summed E-state index contributed by atoms with van der Waals surface area (Å²) in [5.41, 5.74) is -3.02. The van der Waals surface area contributed by atoms with Gasteiger partial charge in [-0.3, -0.25) is 4.79 Å². The first kappa shape index (κ1) is 15.0. The minimum atomic E-state index is -4.65. The van der Waals surface area contributed by atoms with Gasteiger partial charge in [-0.15, -0.1) is 0 Å². The molecule has 0 bridgehead atoms. The van der Waals surface area contributed by atoms with Crippen LogP contribution >= 0.6 is 22.9 Å². The van der Waals surface area contributed by atoms with Gasteiger partial charge in [0, 0.05) is 23.8 Å². The number of esters is 1. The van der Waals surface area contributed by atoms with Gasteiger partial charge >= 0.3 is 12.1 Å². The fourth-order valence-electron chi connectivity index (χ4n) is 2.22. The monoisotopic (exact) mass is 410 g/mol. The van der Waals surface area contributed by atoms with Gasteiger partial charge < -0.3 is 15.4 Å². The predicted octanol–water partition coefficient (Wildman–Crippen LogP) is 3.60. The van der Waals surface area contributed by atoms with E-state index in [4.69, 9.17) is 20.5 Å². The number of ether oxygens (including phenoxy) is 1. The number of carbonyl (C=O) groups is 1. The van der Waals surface area contributed by atoms with Crippen molar-refractivity contribution in [1.82, 2.24) is 15.0 Å². The molecule has 12 heteroatoms. The first-order valence-corrected chi connectivity index (χ1v) is 8.32. The molecular weight excluding hydrogens is 395 g/mol. The SMILES string of the molecule is [2H]C([2H])([2H])[C@]1(c2nc(Cl)c(Nc3ncc(C(F)(F)F)c(NC)n3)s2)CCOC1=O. The maximum absolute atomic E-state index is 13.0. The Bertz CT molecular complexity index is 956. The van der Waals surface area contributed by atoms with E-state index >= 15 is 0 Å². The summed E-state index contributed by atoms with van der Waals surface area (Å²) in [5.74, 6) is -1.62. The van der Waals surface area contributed by atoms with E-state index in [1.165, 1.54) is 7.05 Å². The van der Waals surface area contributed by atoms with Crippen LogP contribution in [0.15, 0.2) is 6.20 Å². The second-order valence-corrected chi connectivity index (χ2v) is 6.62. The highest BCUT2D eigenvalue weighted by molar-refractivity contribution is 7.16. The van der Waals surface area contributed by atoms with Crippen molar-refractivity contribution in [1.29, 1.82) is 0 Å². The van der Waals surface area contributed by atoms with Gasteiger partial charge in [0.2, 0.25) is 5.95 Å². The maximum Gasteiger partial charge on any atom is 0.421 e. The number of halogens is 4. The van der Waals surface area contributed by atoms with Crippen LogP contribution in [0.25, 0.3) is 0 Å². The quantitative estimate of drug-likeness (QED) is 0.744. The van der Waals surface area contributed by atoms with E-state index in [0.717, 1.165) is 11.3 Å². The van der Waals surface area contributed by atoms with Crippen molar-refractivity contribution in [2.24, 2.45) is 0 Å². The third kappa shape index (κ3) is 3.28. The van der Waals surface area contributed by atoms with E-state index in [2.05, 4.69) is 25.6 Å². The molecule has 0 aliphatic carbocycles. The zero-order valence-electron chi connectivity index (χ0n) is 16.1. The minimum Gasteiger partial charge on any atom is -0.465 e. The summed E-state index contributed by atoms with van der Waals surface area (Å²) >= 11 is 6.83. The van der Waals surface area contributed by atoms with Gasteiger partial charge in [-0.25, -0.2) is 9.97 Å². The van der Waals surface area contributed by atoms with Gasteiger partial charge in [0.15, 0.2) is 5.15 Å². The minimum absolute atomic E-state index is 0.0757. The lowest BCUT2D eigenvalue weighted by Crippen LogP contribution is -2.27. The molecule has 3 heterocycles. The molecule has 1 aliphatic heterocycles. The van der Waals surface area contributed by atoms with Crippen LogP contribution in [0.1, 0.15) is 28.0 Å². The number of alkyl halides is 3. The predicted molar refractivity (Wildman–Crippen MR) is 89.9 cm³/mol. The molecule has 0 radical (unpaired) electrons. The number of rotatable bonds is 4.